The van der Waals surface area contributed by atoms with E-state index in [1.54, 1.807) is 11.3 Å². The van der Waals surface area contributed by atoms with E-state index >= 15 is 0 Å². The van der Waals surface area contributed by atoms with Crippen LogP contribution in [0.2, 0.25) is 0 Å². The van der Waals surface area contributed by atoms with Gasteiger partial charge in [0.15, 0.2) is 5.72 Å². The molecule has 116 valence electrons. The zero-order chi connectivity index (χ0) is 14.7. The lowest BCUT2D eigenvalue weighted by Crippen LogP contribution is -2.44. The molecule has 0 fully saturated rings. The topological polar surface area (TPSA) is 21.3 Å². The van der Waals surface area contributed by atoms with Gasteiger partial charge in [-0.15, -0.1) is 23.7 Å². The molecule has 1 atom stereocenters. The summed E-state index contributed by atoms with van der Waals surface area (Å²) in [4.78, 5) is 1.19. The highest BCUT2D eigenvalue weighted by Gasteiger charge is 2.32. The maximum Gasteiger partial charge on any atom is 0.195 e. The van der Waals surface area contributed by atoms with E-state index in [1.807, 2.05) is 25.2 Å². The van der Waals surface area contributed by atoms with Crippen molar-refractivity contribution in [2.45, 2.75) is 19.1 Å². The molecule has 2 nitrogen and oxygen atoms in total. The zero-order valence-corrected chi connectivity index (χ0v) is 14.3. The van der Waals surface area contributed by atoms with E-state index in [4.69, 9.17) is 4.74 Å². The molecule has 3 rings (SSSR count). The van der Waals surface area contributed by atoms with E-state index in [1.165, 1.54) is 10.3 Å². The summed E-state index contributed by atoms with van der Waals surface area (Å²) >= 11 is 1.72. The summed E-state index contributed by atoms with van der Waals surface area (Å²) in [7, 11) is 1.95. The predicted octanol–water partition coefficient (Wildman–Crippen LogP) is 5.18. The molecule has 0 spiro atoms. The Morgan fingerprint density at radius 3 is 2.50 bits per heavy atom. The summed E-state index contributed by atoms with van der Waals surface area (Å²) in [5.41, 5.74) is -0.474. The fraction of sp³-hybridized carbons (Fsp3) is 0.222. The van der Waals surface area contributed by atoms with Crippen LogP contribution in [0.25, 0.3) is 10.8 Å². The van der Waals surface area contributed by atoms with Crippen molar-refractivity contribution in [1.29, 1.82) is 0 Å². The van der Waals surface area contributed by atoms with Gasteiger partial charge in [0.25, 0.3) is 0 Å². The summed E-state index contributed by atoms with van der Waals surface area (Å²) < 4.78 is 6.46. The van der Waals surface area contributed by atoms with Gasteiger partial charge in [0.05, 0.1) is 4.88 Å². The molecule has 1 heterocycles. The lowest BCUT2D eigenvalue weighted by atomic mass is 10.1. The van der Waals surface area contributed by atoms with Gasteiger partial charge in [-0.05, 0) is 29.9 Å². The molecule has 0 radical (unpaired) electrons. The van der Waals surface area contributed by atoms with Gasteiger partial charge in [0, 0.05) is 11.8 Å². The molecule has 22 heavy (non-hydrogen) atoms. The lowest BCUT2D eigenvalue weighted by Gasteiger charge is -2.32. The third kappa shape index (κ3) is 2.98. The van der Waals surface area contributed by atoms with Gasteiger partial charge < -0.3 is 4.74 Å². The van der Waals surface area contributed by atoms with Crippen LogP contribution in [0.3, 0.4) is 0 Å². The van der Waals surface area contributed by atoms with Crippen molar-refractivity contribution in [1.82, 2.24) is 5.32 Å². The van der Waals surface area contributed by atoms with E-state index in [2.05, 4.69) is 54.0 Å². The first-order chi connectivity index (χ1) is 10.3. The highest BCUT2D eigenvalue weighted by atomic mass is 35.5. The molecule has 3 aromatic rings. The van der Waals surface area contributed by atoms with Crippen molar-refractivity contribution in [2.75, 3.05) is 7.05 Å². The van der Waals surface area contributed by atoms with Crippen LogP contribution in [0, 0.1) is 0 Å². The Balaban J connectivity index is 0.00000176. The smallest absolute Gasteiger partial charge is 0.195 e. The first-order valence-electron chi connectivity index (χ1n) is 7.19. The van der Waals surface area contributed by atoms with E-state index in [-0.39, 0.29) is 12.4 Å². The summed E-state index contributed by atoms with van der Waals surface area (Å²) in [5, 5.41) is 7.80. The van der Waals surface area contributed by atoms with E-state index < -0.39 is 5.72 Å². The third-order valence-corrected chi connectivity index (χ3v) is 4.87. The molecule has 1 N–H and O–H groups in total. The Hall–Kier alpha value is -1.55. The van der Waals surface area contributed by atoms with Crippen molar-refractivity contribution in [3.05, 3.63) is 64.9 Å². The molecule has 0 saturated heterocycles. The van der Waals surface area contributed by atoms with E-state index in [0.717, 1.165) is 17.6 Å². The zero-order valence-electron chi connectivity index (χ0n) is 12.7. The fourth-order valence-corrected chi connectivity index (χ4v) is 3.57. The number of ether oxygens (including phenoxy) is 1. The first-order valence-corrected chi connectivity index (χ1v) is 8.07. The molecule has 2 aromatic carbocycles. The number of benzene rings is 2. The van der Waals surface area contributed by atoms with Crippen LogP contribution in [-0.4, -0.2) is 7.05 Å². The molecule has 0 bridgehead atoms. The van der Waals surface area contributed by atoms with Crippen molar-refractivity contribution in [2.24, 2.45) is 0 Å². The van der Waals surface area contributed by atoms with Gasteiger partial charge in [-0.3, -0.25) is 5.32 Å². The standard InChI is InChI=1S/C18H19NOS.ClH/c1-3-18(19-2,17-12-7-13-21-17)20-16-11-6-9-14-8-4-5-10-15(14)16;/h4-13,19H,3H2,1-2H3;1H/t18-;/m0./s1. The normalized spacial score (nSPS) is 13.4. The van der Waals surface area contributed by atoms with Crippen LogP contribution in [0.1, 0.15) is 18.2 Å². The number of halogens is 1. The van der Waals surface area contributed by atoms with Gasteiger partial charge in [0.1, 0.15) is 5.75 Å². The van der Waals surface area contributed by atoms with Gasteiger partial charge in [0.2, 0.25) is 0 Å². The second-order valence-corrected chi connectivity index (χ2v) is 5.93. The van der Waals surface area contributed by atoms with Gasteiger partial charge in [-0.2, -0.15) is 0 Å². The van der Waals surface area contributed by atoms with Crippen molar-refractivity contribution in [3.8, 4) is 5.75 Å². The van der Waals surface area contributed by atoms with E-state index in [9.17, 15) is 0 Å². The Bertz CT molecular complexity index is 718. The highest BCUT2D eigenvalue weighted by Crippen LogP contribution is 2.35. The number of hydrogen-bond acceptors (Lipinski definition) is 3. The average molecular weight is 334 g/mol. The molecule has 0 saturated carbocycles. The van der Waals surface area contributed by atoms with Gasteiger partial charge in [-0.25, -0.2) is 0 Å². The molecular weight excluding hydrogens is 314 g/mol. The summed E-state index contributed by atoms with van der Waals surface area (Å²) in [5.74, 6) is 0.915. The van der Waals surface area contributed by atoms with Crippen LogP contribution < -0.4 is 10.1 Å². The second-order valence-electron chi connectivity index (χ2n) is 4.99. The number of nitrogens with one attached hydrogen (secondary N) is 1. The Morgan fingerprint density at radius 2 is 1.82 bits per heavy atom. The number of fused-ring (bicyclic) bond motifs is 1. The quantitative estimate of drug-likeness (QED) is 0.649. The van der Waals surface area contributed by atoms with Crippen LogP contribution in [0.5, 0.6) is 5.75 Å². The lowest BCUT2D eigenvalue weighted by molar-refractivity contribution is 0.0380. The molecule has 0 aliphatic heterocycles. The summed E-state index contributed by atoms with van der Waals surface area (Å²) in [6.07, 6.45) is 0.854. The minimum Gasteiger partial charge on any atom is -0.467 e. The molecule has 1 aromatic heterocycles. The molecule has 0 amide bonds. The van der Waals surface area contributed by atoms with Crippen LogP contribution in [0.4, 0.5) is 0 Å². The summed E-state index contributed by atoms with van der Waals surface area (Å²) in [6.45, 7) is 2.14. The van der Waals surface area contributed by atoms with Gasteiger partial charge >= 0.3 is 0 Å². The van der Waals surface area contributed by atoms with E-state index in [0.29, 0.717) is 0 Å². The van der Waals surface area contributed by atoms with Crippen LogP contribution in [-0.2, 0) is 5.72 Å². The first kappa shape index (κ1) is 16.8. The molecule has 4 heteroatoms. The summed E-state index contributed by atoms with van der Waals surface area (Å²) in [6, 6.07) is 18.7. The Kier molecular flexibility index (Phi) is 5.46. The maximum atomic E-state index is 6.46. The number of hydrogen-bond donors (Lipinski definition) is 1. The average Bonchev–Trinajstić information content (AvgIpc) is 3.08. The monoisotopic (exact) mass is 333 g/mol. The Labute approximate surface area is 141 Å². The minimum absolute atomic E-state index is 0. The molecule has 0 aliphatic carbocycles. The predicted molar refractivity (Wildman–Crippen MR) is 97.2 cm³/mol. The Morgan fingerprint density at radius 1 is 1.05 bits per heavy atom. The largest absolute Gasteiger partial charge is 0.467 e. The van der Waals surface area contributed by atoms with Gasteiger partial charge in [-0.1, -0.05) is 49.4 Å². The van der Waals surface area contributed by atoms with Crippen LogP contribution >= 0.6 is 23.7 Å². The molecule has 0 unspecified atom stereocenters. The maximum absolute atomic E-state index is 6.46. The fourth-order valence-electron chi connectivity index (χ4n) is 2.63. The highest BCUT2D eigenvalue weighted by molar-refractivity contribution is 7.10. The molecule has 0 aliphatic rings. The number of thiophene rings is 1. The SMILES string of the molecule is CC[C@](NC)(Oc1cccc2ccccc12)c1cccs1.Cl. The third-order valence-electron chi connectivity index (χ3n) is 3.85. The van der Waals surface area contributed by atoms with Crippen molar-refractivity contribution < 1.29 is 4.74 Å². The van der Waals surface area contributed by atoms with Crippen LogP contribution in [0.15, 0.2) is 60.0 Å². The number of rotatable bonds is 5. The molecular formula is C18H20ClNOS. The second kappa shape index (κ2) is 7.14. The van der Waals surface area contributed by atoms with Crippen molar-refractivity contribution >= 4 is 34.5 Å². The minimum atomic E-state index is -0.474. The van der Waals surface area contributed by atoms with Crippen molar-refractivity contribution in [3.63, 3.8) is 0 Å².